The summed E-state index contributed by atoms with van der Waals surface area (Å²) in [4.78, 5) is 10.4. The summed E-state index contributed by atoms with van der Waals surface area (Å²) in [5, 5.41) is 0. The summed E-state index contributed by atoms with van der Waals surface area (Å²) in [6, 6.07) is 0. The average Bonchev–Trinajstić information content (AvgIpc) is 1.94. The van der Waals surface area contributed by atoms with Crippen molar-refractivity contribution in [3.8, 4) is 0 Å². The maximum absolute atomic E-state index is 10.4. The molecule has 1 rings (SSSR count). The van der Waals surface area contributed by atoms with Gasteiger partial charge in [0.1, 0.15) is 6.42 Å². The summed E-state index contributed by atoms with van der Waals surface area (Å²) >= 11 is 0. The number of rotatable bonds is 0. The Morgan fingerprint density at radius 3 is 3.25 bits per heavy atom. The van der Waals surface area contributed by atoms with Crippen LogP contribution in [-0.2, 0) is 9.22 Å². The van der Waals surface area contributed by atoms with Crippen molar-refractivity contribution in [1.29, 1.82) is 0 Å². The molecule has 0 fully saturated rings. The Morgan fingerprint density at radius 2 is 2.38 bits per heavy atom. The van der Waals surface area contributed by atoms with Crippen LogP contribution in [0.2, 0.25) is 0 Å². The first-order chi connectivity index (χ1) is 3.89. The van der Waals surface area contributed by atoms with Crippen LogP contribution in [0, 0.1) is 0 Å². The highest BCUT2D eigenvalue weighted by Crippen LogP contribution is 2.00. The second-order valence-corrected chi connectivity index (χ2v) is 1.90. The Kier molecular flexibility index (Phi) is 1.78. The molecule has 8 heavy (non-hydrogen) atoms. The van der Waals surface area contributed by atoms with E-state index in [1.165, 1.54) is 0 Å². The summed E-state index contributed by atoms with van der Waals surface area (Å²) in [5.41, 5.74) is 0. The standard InChI is InChI=1S/C6H9O2/c7-6-4-2-1-3-5-8-6/h5H,1-4H2/q+1. The average molecular weight is 113 g/mol. The molecule has 0 aromatic rings. The van der Waals surface area contributed by atoms with E-state index in [1.807, 2.05) is 0 Å². The fraction of sp³-hybridized carbons (Fsp3) is 0.667. The van der Waals surface area contributed by atoms with Gasteiger partial charge in [-0.3, -0.25) is 4.42 Å². The van der Waals surface area contributed by atoms with Gasteiger partial charge in [0.2, 0.25) is 0 Å². The van der Waals surface area contributed by atoms with Crippen molar-refractivity contribution in [1.82, 2.24) is 0 Å². The van der Waals surface area contributed by atoms with Crippen LogP contribution in [-0.4, -0.2) is 12.3 Å². The van der Waals surface area contributed by atoms with Crippen LogP contribution in [0.1, 0.15) is 25.7 Å². The fourth-order valence-electron chi connectivity index (χ4n) is 0.708. The van der Waals surface area contributed by atoms with E-state index in [9.17, 15) is 4.79 Å². The minimum Gasteiger partial charge on any atom is -0.285 e. The second kappa shape index (κ2) is 2.60. The van der Waals surface area contributed by atoms with E-state index >= 15 is 0 Å². The van der Waals surface area contributed by atoms with E-state index in [2.05, 4.69) is 4.42 Å². The molecule has 1 aliphatic rings. The molecule has 0 aliphatic carbocycles. The molecule has 0 aromatic heterocycles. The quantitative estimate of drug-likeness (QED) is 0.337. The smallest absolute Gasteiger partial charge is 0.285 e. The van der Waals surface area contributed by atoms with Gasteiger partial charge in [-0.15, -0.1) is 0 Å². The predicted octanol–water partition coefficient (Wildman–Crippen LogP) is 0.822. The van der Waals surface area contributed by atoms with Crippen LogP contribution < -0.4 is 0 Å². The first kappa shape index (κ1) is 5.48. The van der Waals surface area contributed by atoms with Crippen molar-refractivity contribution >= 4 is 12.3 Å². The molecule has 0 aromatic carbocycles. The third kappa shape index (κ3) is 1.45. The van der Waals surface area contributed by atoms with Gasteiger partial charge >= 0.3 is 5.97 Å². The summed E-state index contributed by atoms with van der Waals surface area (Å²) in [6.45, 7) is 0. The monoisotopic (exact) mass is 113 g/mol. The van der Waals surface area contributed by atoms with Crippen LogP contribution in [0.25, 0.3) is 0 Å². The van der Waals surface area contributed by atoms with Crippen molar-refractivity contribution in [3.63, 3.8) is 0 Å². The molecule has 0 amide bonds. The van der Waals surface area contributed by atoms with Crippen molar-refractivity contribution in [2.45, 2.75) is 25.7 Å². The molecule has 1 heterocycles. The van der Waals surface area contributed by atoms with Crippen LogP contribution in [0.5, 0.6) is 0 Å². The Morgan fingerprint density at radius 1 is 1.50 bits per heavy atom. The molecule has 0 N–H and O–H groups in total. The molecular formula is C6H9O2+. The highest BCUT2D eigenvalue weighted by atomic mass is 16.4. The van der Waals surface area contributed by atoms with Gasteiger partial charge in [-0.2, -0.15) is 0 Å². The van der Waals surface area contributed by atoms with Gasteiger partial charge in [-0.05, 0) is 12.8 Å². The molecule has 1 aliphatic heterocycles. The number of carbonyl (C=O) groups excluding carboxylic acids is 2. The van der Waals surface area contributed by atoms with Crippen LogP contribution >= 0.6 is 0 Å². The van der Waals surface area contributed by atoms with Gasteiger partial charge < -0.3 is 0 Å². The molecule has 2 heteroatoms. The molecule has 44 valence electrons. The number of aldehydes is 1. The molecule has 0 bridgehead atoms. The first-order valence-corrected chi connectivity index (χ1v) is 2.91. The third-order valence-corrected chi connectivity index (χ3v) is 1.17. The Bertz CT molecular complexity index is 116. The largest absolute Gasteiger partial charge is 0.579 e. The topological polar surface area (TPSA) is 28.4 Å². The Hall–Kier alpha value is -0.660. The molecule has 2 nitrogen and oxygen atoms in total. The maximum Gasteiger partial charge on any atom is 0.579 e. The van der Waals surface area contributed by atoms with Crippen LogP contribution in [0.4, 0.5) is 0 Å². The molecule has 0 saturated carbocycles. The molecule has 0 unspecified atom stereocenters. The predicted molar refractivity (Wildman–Crippen MR) is 29.5 cm³/mol. The van der Waals surface area contributed by atoms with Gasteiger partial charge in [0.25, 0.3) is 0 Å². The Labute approximate surface area is 48.2 Å². The minimum absolute atomic E-state index is 0.0810. The van der Waals surface area contributed by atoms with E-state index in [0.29, 0.717) is 6.42 Å². The third-order valence-electron chi connectivity index (χ3n) is 1.17. The molecule has 0 saturated heterocycles. The van der Waals surface area contributed by atoms with E-state index in [1.54, 1.807) is 6.29 Å². The van der Waals surface area contributed by atoms with Gasteiger partial charge in [-0.1, -0.05) is 0 Å². The van der Waals surface area contributed by atoms with E-state index in [-0.39, 0.29) is 5.97 Å². The van der Waals surface area contributed by atoms with Crippen LogP contribution in [0.15, 0.2) is 0 Å². The normalized spacial score (nSPS) is 20.8. The van der Waals surface area contributed by atoms with Gasteiger partial charge in [0, 0.05) is 11.2 Å². The van der Waals surface area contributed by atoms with E-state index in [0.717, 1.165) is 19.3 Å². The number of carbonyl (C=O) groups is 1. The van der Waals surface area contributed by atoms with Gasteiger partial charge in [0.15, 0.2) is 6.29 Å². The summed E-state index contributed by atoms with van der Waals surface area (Å²) < 4.78 is 4.64. The van der Waals surface area contributed by atoms with Crippen molar-refractivity contribution in [2.75, 3.05) is 0 Å². The highest BCUT2D eigenvalue weighted by molar-refractivity contribution is 5.70. The van der Waals surface area contributed by atoms with Crippen LogP contribution in [0.3, 0.4) is 0 Å². The lowest BCUT2D eigenvalue weighted by Crippen LogP contribution is -1.93. The zero-order chi connectivity index (χ0) is 5.82. The number of hydrogen-bond acceptors (Lipinski definition) is 1. The van der Waals surface area contributed by atoms with Crippen molar-refractivity contribution in [2.24, 2.45) is 0 Å². The lowest BCUT2D eigenvalue weighted by Gasteiger charge is -1.78. The minimum atomic E-state index is -0.0810. The second-order valence-electron chi connectivity index (χ2n) is 1.90. The summed E-state index contributed by atoms with van der Waals surface area (Å²) in [6.07, 6.45) is 5.18. The highest BCUT2D eigenvalue weighted by Gasteiger charge is 2.13. The van der Waals surface area contributed by atoms with Crippen molar-refractivity contribution < 1.29 is 9.22 Å². The molecule has 0 spiro atoms. The first-order valence-electron chi connectivity index (χ1n) is 2.91. The SMILES string of the molecule is O=C1CCCCC=[O+]1. The zero-order valence-corrected chi connectivity index (χ0v) is 4.72. The number of hydrogen-bond donors (Lipinski definition) is 0. The van der Waals surface area contributed by atoms with Gasteiger partial charge in [-0.25, -0.2) is 0 Å². The lowest BCUT2D eigenvalue weighted by atomic mass is 10.2. The zero-order valence-electron chi connectivity index (χ0n) is 4.72. The lowest BCUT2D eigenvalue weighted by molar-refractivity contribution is -0.373. The molecular weight excluding hydrogens is 104 g/mol. The fourth-order valence-corrected chi connectivity index (χ4v) is 0.708. The molecule has 0 atom stereocenters. The van der Waals surface area contributed by atoms with E-state index < -0.39 is 0 Å². The summed E-state index contributed by atoms with van der Waals surface area (Å²) in [7, 11) is 0. The van der Waals surface area contributed by atoms with Gasteiger partial charge in [0.05, 0.1) is 0 Å². The Balaban J connectivity index is 2.44. The molecule has 0 radical (unpaired) electrons. The van der Waals surface area contributed by atoms with E-state index in [4.69, 9.17) is 0 Å². The summed E-state index contributed by atoms with van der Waals surface area (Å²) in [5.74, 6) is -0.0810. The maximum atomic E-state index is 10.4. The van der Waals surface area contributed by atoms with Crippen molar-refractivity contribution in [3.05, 3.63) is 0 Å².